The van der Waals surface area contributed by atoms with E-state index in [0.29, 0.717) is 5.91 Å². The molecule has 1 aromatic heterocycles. The summed E-state index contributed by atoms with van der Waals surface area (Å²) in [5.41, 5.74) is 0. The number of aromatic nitrogens is 2. The lowest BCUT2D eigenvalue weighted by Gasteiger charge is -2.27. The third-order valence-electron chi connectivity index (χ3n) is 5.03. The van der Waals surface area contributed by atoms with Crippen molar-refractivity contribution in [2.45, 2.75) is 45.7 Å². The van der Waals surface area contributed by atoms with Gasteiger partial charge in [-0.25, -0.2) is 4.98 Å². The van der Waals surface area contributed by atoms with Crippen LogP contribution in [0.2, 0.25) is 0 Å². The van der Waals surface area contributed by atoms with Crippen LogP contribution in [0.1, 0.15) is 38.4 Å². The third-order valence-corrected chi connectivity index (χ3v) is 5.03. The number of rotatable bonds is 4. The molecule has 0 aromatic carbocycles. The van der Waals surface area contributed by atoms with E-state index in [9.17, 15) is 4.79 Å². The number of aryl methyl sites for hydroxylation is 1. The summed E-state index contributed by atoms with van der Waals surface area (Å²) in [5.74, 6) is 1.71. The molecule has 5 nitrogen and oxygen atoms in total. The molecule has 1 fully saturated rings. The number of allylic oxidation sites excluding steroid dienone is 2. The van der Waals surface area contributed by atoms with E-state index in [1.165, 1.54) is 0 Å². The fourth-order valence-electron chi connectivity index (χ4n) is 3.61. The van der Waals surface area contributed by atoms with E-state index in [1.54, 1.807) is 0 Å². The van der Waals surface area contributed by atoms with Crippen LogP contribution in [0.4, 0.5) is 0 Å². The summed E-state index contributed by atoms with van der Waals surface area (Å²) in [7, 11) is 0. The van der Waals surface area contributed by atoms with Crippen molar-refractivity contribution in [2.24, 2.45) is 5.92 Å². The van der Waals surface area contributed by atoms with Crippen LogP contribution in [0.15, 0.2) is 24.5 Å². The zero-order valence-corrected chi connectivity index (χ0v) is 14.2. The number of carbonyl (C=O) groups excluding carboxylic acids is 1. The molecular formula is C18H28N4O. The second-order valence-electron chi connectivity index (χ2n) is 6.57. The molecule has 0 saturated carbocycles. The summed E-state index contributed by atoms with van der Waals surface area (Å²) >= 11 is 0. The van der Waals surface area contributed by atoms with E-state index in [0.717, 1.165) is 70.8 Å². The van der Waals surface area contributed by atoms with Crippen LogP contribution in [-0.2, 0) is 17.9 Å². The fraction of sp³-hybridized carbons (Fsp3) is 0.667. The van der Waals surface area contributed by atoms with Crippen molar-refractivity contribution in [3.63, 3.8) is 0 Å². The first-order chi connectivity index (χ1) is 11.3. The zero-order chi connectivity index (χ0) is 16.1. The third kappa shape index (κ3) is 4.02. The highest BCUT2D eigenvalue weighted by Gasteiger charge is 2.26. The molecule has 0 unspecified atom stereocenters. The molecule has 1 saturated heterocycles. The summed E-state index contributed by atoms with van der Waals surface area (Å²) in [6, 6.07) is 0. The summed E-state index contributed by atoms with van der Waals surface area (Å²) in [6.45, 7) is 7.74. The Kier molecular flexibility index (Phi) is 5.49. The van der Waals surface area contributed by atoms with E-state index in [2.05, 4.69) is 38.4 Å². The minimum Gasteiger partial charge on any atom is -0.341 e. The second-order valence-corrected chi connectivity index (χ2v) is 6.57. The summed E-state index contributed by atoms with van der Waals surface area (Å²) in [4.78, 5) is 21.7. The van der Waals surface area contributed by atoms with Crippen molar-refractivity contribution in [3.05, 3.63) is 30.4 Å². The van der Waals surface area contributed by atoms with Gasteiger partial charge in [0.15, 0.2) is 0 Å². The number of carbonyl (C=O) groups is 1. The van der Waals surface area contributed by atoms with E-state index in [1.807, 2.05) is 12.4 Å². The Morgan fingerprint density at radius 2 is 2.17 bits per heavy atom. The van der Waals surface area contributed by atoms with Crippen molar-refractivity contribution < 1.29 is 4.79 Å². The van der Waals surface area contributed by atoms with Crippen LogP contribution in [0.25, 0.3) is 0 Å². The Morgan fingerprint density at radius 1 is 1.26 bits per heavy atom. The van der Waals surface area contributed by atoms with Crippen molar-refractivity contribution in [3.8, 4) is 0 Å². The average Bonchev–Trinajstić information content (AvgIpc) is 2.91. The minimum atomic E-state index is 0.213. The highest BCUT2D eigenvalue weighted by atomic mass is 16.2. The van der Waals surface area contributed by atoms with Gasteiger partial charge in [-0.05, 0) is 32.6 Å². The molecule has 126 valence electrons. The van der Waals surface area contributed by atoms with Gasteiger partial charge in [0.25, 0.3) is 0 Å². The van der Waals surface area contributed by atoms with Gasteiger partial charge in [0.05, 0.1) is 6.54 Å². The predicted octanol–water partition coefficient (Wildman–Crippen LogP) is 2.29. The molecule has 5 heteroatoms. The molecule has 1 atom stereocenters. The highest BCUT2D eigenvalue weighted by molar-refractivity contribution is 5.79. The molecule has 0 N–H and O–H groups in total. The number of imidazole rings is 1. The van der Waals surface area contributed by atoms with E-state index in [-0.39, 0.29) is 5.92 Å². The van der Waals surface area contributed by atoms with Crippen LogP contribution in [0.3, 0.4) is 0 Å². The molecule has 1 amide bonds. The average molecular weight is 316 g/mol. The molecule has 1 aliphatic carbocycles. The molecule has 3 rings (SSSR count). The van der Waals surface area contributed by atoms with E-state index >= 15 is 0 Å². The largest absolute Gasteiger partial charge is 0.341 e. The maximum absolute atomic E-state index is 12.7. The number of nitrogens with zero attached hydrogens (tertiary/aromatic N) is 4. The molecule has 2 aliphatic rings. The highest BCUT2D eigenvalue weighted by Crippen LogP contribution is 2.21. The van der Waals surface area contributed by atoms with Crippen molar-refractivity contribution >= 4 is 5.91 Å². The first kappa shape index (κ1) is 16.2. The molecule has 0 radical (unpaired) electrons. The lowest BCUT2D eigenvalue weighted by Crippen LogP contribution is -2.39. The van der Waals surface area contributed by atoms with Crippen LogP contribution in [-0.4, -0.2) is 51.4 Å². The monoisotopic (exact) mass is 316 g/mol. The smallest absolute Gasteiger partial charge is 0.226 e. The Hall–Kier alpha value is -1.62. The van der Waals surface area contributed by atoms with Crippen LogP contribution >= 0.6 is 0 Å². The quantitative estimate of drug-likeness (QED) is 0.800. The van der Waals surface area contributed by atoms with Crippen LogP contribution in [0.5, 0.6) is 0 Å². The van der Waals surface area contributed by atoms with Gasteiger partial charge < -0.3 is 9.47 Å². The fourth-order valence-corrected chi connectivity index (χ4v) is 3.61. The summed E-state index contributed by atoms with van der Waals surface area (Å²) in [6.07, 6.45) is 12.3. The van der Waals surface area contributed by atoms with Gasteiger partial charge in [-0.3, -0.25) is 9.69 Å². The van der Waals surface area contributed by atoms with Gasteiger partial charge in [-0.2, -0.15) is 0 Å². The SMILES string of the molecule is CCn1ccnc1CN1CCCN(C(=O)[C@H]2CC=CCC2)CC1. The van der Waals surface area contributed by atoms with Crippen molar-refractivity contribution in [2.75, 3.05) is 26.2 Å². The van der Waals surface area contributed by atoms with Gasteiger partial charge in [-0.15, -0.1) is 0 Å². The van der Waals surface area contributed by atoms with Crippen molar-refractivity contribution in [1.82, 2.24) is 19.4 Å². The molecule has 1 aromatic rings. The summed E-state index contributed by atoms with van der Waals surface area (Å²) < 4.78 is 2.20. The standard InChI is InChI=1S/C18H28N4O/c1-2-21-12-9-19-17(21)15-20-10-6-11-22(14-13-20)18(23)16-7-4-3-5-8-16/h3-4,9,12,16H,2,5-8,10-11,13-15H2,1H3/t16-/m0/s1. The van der Waals surface area contributed by atoms with Gasteiger partial charge in [0.1, 0.15) is 5.82 Å². The Balaban J connectivity index is 1.54. The van der Waals surface area contributed by atoms with Crippen molar-refractivity contribution in [1.29, 1.82) is 0 Å². The Morgan fingerprint density at radius 3 is 2.96 bits per heavy atom. The van der Waals surface area contributed by atoms with Gasteiger partial charge in [0.2, 0.25) is 5.91 Å². The van der Waals surface area contributed by atoms with E-state index in [4.69, 9.17) is 0 Å². The topological polar surface area (TPSA) is 41.4 Å². The lowest BCUT2D eigenvalue weighted by atomic mass is 9.93. The molecule has 23 heavy (non-hydrogen) atoms. The Bertz CT molecular complexity index is 551. The maximum atomic E-state index is 12.7. The van der Waals surface area contributed by atoms with E-state index < -0.39 is 0 Å². The van der Waals surface area contributed by atoms with Gasteiger partial charge in [-0.1, -0.05) is 12.2 Å². The maximum Gasteiger partial charge on any atom is 0.226 e. The first-order valence-corrected chi connectivity index (χ1v) is 8.94. The number of hydrogen-bond donors (Lipinski definition) is 0. The first-order valence-electron chi connectivity index (χ1n) is 8.94. The molecule has 0 bridgehead atoms. The molecular weight excluding hydrogens is 288 g/mol. The van der Waals surface area contributed by atoms with Crippen LogP contribution in [0, 0.1) is 5.92 Å². The van der Waals surface area contributed by atoms with Crippen LogP contribution < -0.4 is 0 Å². The summed E-state index contributed by atoms with van der Waals surface area (Å²) in [5, 5.41) is 0. The lowest BCUT2D eigenvalue weighted by molar-refractivity contribution is -0.135. The Labute approximate surface area is 139 Å². The van der Waals surface area contributed by atoms with Gasteiger partial charge >= 0.3 is 0 Å². The minimum absolute atomic E-state index is 0.213. The normalized spacial score (nSPS) is 23.0. The second kappa shape index (κ2) is 7.77. The number of amides is 1. The van der Waals surface area contributed by atoms with Gasteiger partial charge in [0, 0.05) is 51.0 Å². The number of hydrogen-bond acceptors (Lipinski definition) is 3. The predicted molar refractivity (Wildman–Crippen MR) is 90.9 cm³/mol. The molecule has 0 spiro atoms. The zero-order valence-electron chi connectivity index (χ0n) is 14.2. The molecule has 1 aliphatic heterocycles. The molecule has 2 heterocycles.